The molecule has 3 atom stereocenters. The second kappa shape index (κ2) is 4.90. The lowest BCUT2D eigenvalue weighted by atomic mass is 9.86. The molecule has 0 bridgehead atoms. The van der Waals surface area contributed by atoms with E-state index < -0.39 is 11.9 Å². The predicted molar refractivity (Wildman–Crippen MR) is 68.0 cm³/mol. The first-order valence-electron chi connectivity index (χ1n) is 6.95. The third-order valence-corrected chi connectivity index (χ3v) is 4.74. The van der Waals surface area contributed by atoms with E-state index in [4.69, 9.17) is 5.11 Å². The standard InChI is InChI=1S/C14H23NO3/c1-14(2)8-4-7-11(14)15-12(16)9-5-3-6-10(9)13(17)18/h9-11H,3-8H2,1-2H3,(H,15,16)(H,17,18). The molecule has 0 radical (unpaired) electrons. The number of carboxylic acids is 1. The van der Waals surface area contributed by atoms with E-state index in [9.17, 15) is 9.59 Å². The monoisotopic (exact) mass is 253 g/mol. The maximum Gasteiger partial charge on any atom is 0.307 e. The van der Waals surface area contributed by atoms with Crippen molar-refractivity contribution in [3.63, 3.8) is 0 Å². The summed E-state index contributed by atoms with van der Waals surface area (Å²) in [5.74, 6) is -1.66. The van der Waals surface area contributed by atoms with E-state index in [1.807, 2.05) is 0 Å². The molecule has 0 aromatic heterocycles. The zero-order valence-electron chi connectivity index (χ0n) is 11.2. The van der Waals surface area contributed by atoms with Gasteiger partial charge in [-0.2, -0.15) is 0 Å². The van der Waals surface area contributed by atoms with Crippen LogP contribution in [0.2, 0.25) is 0 Å². The summed E-state index contributed by atoms with van der Waals surface area (Å²) in [6.07, 6.45) is 5.50. The summed E-state index contributed by atoms with van der Waals surface area (Å²) in [4.78, 5) is 23.3. The van der Waals surface area contributed by atoms with Gasteiger partial charge in [0.1, 0.15) is 0 Å². The number of carbonyl (C=O) groups excluding carboxylic acids is 1. The van der Waals surface area contributed by atoms with Crippen LogP contribution in [0, 0.1) is 17.3 Å². The second-order valence-electron chi connectivity index (χ2n) is 6.42. The lowest BCUT2D eigenvalue weighted by molar-refractivity contribution is -0.146. The van der Waals surface area contributed by atoms with Gasteiger partial charge in [-0.15, -0.1) is 0 Å². The van der Waals surface area contributed by atoms with Crippen LogP contribution < -0.4 is 5.32 Å². The average molecular weight is 253 g/mol. The topological polar surface area (TPSA) is 66.4 Å². The summed E-state index contributed by atoms with van der Waals surface area (Å²) in [7, 11) is 0. The molecule has 0 saturated heterocycles. The molecule has 4 heteroatoms. The van der Waals surface area contributed by atoms with Crippen LogP contribution in [0.1, 0.15) is 52.4 Å². The minimum atomic E-state index is -0.821. The first-order valence-corrected chi connectivity index (χ1v) is 6.95. The van der Waals surface area contributed by atoms with E-state index in [2.05, 4.69) is 19.2 Å². The molecule has 2 aliphatic rings. The highest BCUT2D eigenvalue weighted by Crippen LogP contribution is 2.38. The fourth-order valence-corrected chi connectivity index (χ4v) is 3.44. The Morgan fingerprint density at radius 2 is 1.78 bits per heavy atom. The van der Waals surface area contributed by atoms with E-state index in [0.29, 0.717) is 6.42 Å². The number of rotatable bonds is 3. The van der Waals surface area contributed by atoms with Gasteiger partial charge in [0.05, 0.1) is 11.8 Å². The normalized spacial score (nSPS) is 34.4. The van der Waals surface area contributed by atoms with Crippen molar-refractivity contribution in [2.45, 2.75) is 58.4 Å². The van der Waals surface area contributed by atoms with Crippen molar-refractivity contribution in [2.24, 2.45) is 17.3 Å². The van der Waals surface area contributed by atoms with E-state index in [1.165, 1.54) is 0 Å². The van der Waals surface area contributed by atoms with Crippen LogP contribution >= 0.6 is 0 Å². The van der Waals surface area contributed by atoms with E-state index in [1.54, 1.807) is 0 Å². The zero-order valence-corrected chi connectivity index (χ0v) is 11.2. The van der Waals surface area contributed by atoms with Gasteiger partial charge in [-0.3, -0.25) is 9.59 Å². The van der Waals surface area contributed by atoms with Gasteiger partial charge in [-0.25, -0.2) is 0 Å². The van der Waals surface area contributed by atoms with Crippen molar-refractivity contribution >= 4 is 11.9 Å². The Balaban J connectivity index is 1.97. The molecular weight excluding hydrogens is 230 g/mol. The molecule has 2 rings (SSSR count). The Morgan fingerprint density at radius 1 is 1.11 bits per heavy atom. The van der Waals surface area contributed by atoms with Crippen LogP contribution in [-0.4, -0.2) is 23.0 Å². The molecule has 2 aliphatic carbocycles. The van der Waals surface area contributed by atoms with Crippen molar-refractivity contribution < 1.29 is 14.7 Å². The molecule has 0 aromatic rings. The van der Waals surface area contributed by atoms with Gasteiger partial charge >= 0.3 is 5.97 Å². The van der Waals surface area contributed by atoms with Crippen molar-refractivity contribution in [2.75, 3.05) is 0 Å². The van der Waals surface area contributed by atoms with Gasteiger partial charge in [0, 0.05) is 6.04 Å². The molecule has 102 valence electrons. The summed E-state index contributed by atoms with van der Waals surface area (Å²) in [5, 5.41) is 12.2. The molecule has 0 heterocycles. The predicted octanol–water partition coefficient (Wildman–Crippen LogP) is 2.18. The van der Waals surface area contributed by atoms with Gasteiger partial charge in [-0.1, -0.05) is 26.7 Å². The van der Waals surface area contributed by atoms with Crippen LogP contribution in [0.15, 0.2) is 0 Å². The Labute approximate surface area is 108 Å². The summed E-state index contributed by atoms with van der Waals surface area (Å²) >= 11 is 0. The molecule has 2 N–H and O–H groups in total. The highest BCUT2D eigenvalue weighted by molar-refractivity contribution is 5.85. The molecule has 2 saturated carbocycles. The van der Waals surface area contributed by atoms with Crippen molar-refractivity contribution in [1.29, 1.82) is 0 Å². The second-order valence-corrected chi connectivity index (χ2v) is 6.42. The number of aliphatic carboxylic acids is 1. The van der Waals surface area contributed by atoms with Crippen LogP contribution in [0.25, 0.3) is 0 Å². The molecule has 0 aromatic carbocycles. The van der Waals surface area contributed by atoms with E-state index in [0.717, 1.165) is 32.1 Å². The third-order valence-electron chi connectivity index (χ3n) is 4.74. The van der Waals surface area contributed by atoms with Gasteiger partial charge in [0.2, 0.25) is 5.91 Å². The molecule has 0 spiro atoms. The van der Waals surface area contributed by atoms with Gasteiger partial charge in [0.25, 0.3) is 0 Å². The Kier molecular flexibility index (Phi) is 3.64. The fourth-order valence-electron chi connectivity index (χ4n) is 3.44. The van der Waals surface area contributed by atoms with E-state index in [-0.39, 0.29) is 23.3 Å². The van der Waals surface area contributed by atoms with Crippen molar-refractivity contribution in [3.05, 3.63) is 0 Å². The maximum absolute atomic E-state index is 12.2. The Hall–Kier alpha value is -1.06. The Morgan fingerprint density at radius 3 is 2.33 bits per heavy atom. The molecule has 1 amide bonds. The summed E-state index contributed by atoms with van der Waals surface area (Å²) in [5.41, 5.74) is 0.146. The summed E-state index contributed by atoms with van der Waals surface area (Å²) in [6.45, 7) is 4.35. The Bertz CT molecular complexity index is 351. The fraction of sp³-hybridized carbons (Fsp3) is 0.857. The zero-order chi connectivity index (χ0) is 13.3. The number of hydrogen-bond donors (Lipinski definition) is 2. The van der Waals surface area contributed by atoms with Crippen LogP contribution in [0.4, 0.5) is 0 Å². The largest absolute Gasteiger partial charge is 0.481 e. The van der Waals surface area contributed by atoms with Crippen molar-refractivity contribution in [3.8, 4) is 0 Å². The van der Waals surface area contributed by atoms with Crippen molar-refractivity contribution in [1.82, 2.24) is 5.32 Å². The van der Waals surface area contributed by atoms with Crippen LogP contribution in [0.5, 0.6) is 0 Å². The highest BCUT2D eigenvalue weighted by atomic mass is 16.4. The lowest BCUT2D eigenvalue weighted by Gasteiger charge is -2.29. The number of hydrogen-bond acceptors (Lipinski definition) is 2. The van der Waals surface area contributed by atoms with Gasteiger partial charge in [0.15, 0.2) is 0 Å². The quantitative estimate of drug-likeness (QED) is 0.810. The number of carbonyl (C=O) groups is 2. The molecule has 18 heavy (non-hydrogen) atoms. The highest BCUT2D eigenvalue weighted by Gasteiger charge is 2.41. The molecule has 0 aliphatic heterocycles. The summed E-state index contributed by atoms with van der Waals surface area (Å²) < 4.78 is 0. The smallest absolute Gasteiger partial charge is 0.307 e. The minimum absolute atomic E-state index is 0.0418. The number of amides is 1. The third kappa shape index (κ3) is 2.52. The average Bonchev–Trinajstić information content (AvgIpc) is 2.86. The van der Waals surface area contributed by atoms with Gasteiger partial charge in [-0.05, 0) is 31.1 Å². The van der Waals surface area contributed by atoms with Gasteiger partial charge < -0.3 is 10.4 Å². The molecule has 4 nitrogen and oxygen atoms in total. The van der Waals surface area contributed by atoms with Crippen LogP contribution in [0.3, 0.4) is 0 Å². The summed E-state index contributed by atoms with van der Waals surface area (Å²) in [6, 6.07) is 0.208. The SMILES string of the molecule is CC1(C)CCCC1NC(=O)C1CCCC1C(=O)O. The minimum Gasteiger partial charge on any atom is -0.481 e. The van der Waals surface area contributed by atoms with E-state index >= 15 is 0 Å². The molecule has 3 unspecified atom stereocenters. The first-order chi connectivity index (χ1) is 8.42. The first kappa shape index (κ1) is 13.4. The number of nitrogens with one attached hydrogen (secondary N) is 1. The number of carboxylic acid groups (broad SMARTS) is 1. The molecular formula is C14H23NO3. The van der Waals surface area contributed by atoms with Crippen LogP contribution in [-0.2, 0) is 9.59 Å². The molecule has 2 fully saturated rings. The lowest BCUT2D eigenvalue weighted by Crippen LogP contribution is -2.45. The maximum atomic E-state index is 12.2.